The molecule has 0 fully saturated rings. The normalized spacial score (nSPS) is 11.8. The van der Waals surface area contributed by atoms with Crippen molar-refractivity contribution in [3.63, 3.8) is 0 Å². The van der Waals surface area contributed by atoms with Gasteiger partial charge in [-0.25, -0.2) is 14.8 Å². The van der Waals surface area contributed by atoms with Crippen LogP contribution in [0.15, 0.2) is 36.7 Å². The van der Waals surface area contributed by atoms with E-state index < -0.39 is 5.97 Å². The van der Waals surface area contributed by atoms with E-state index >= 15 is 0 Å². The summed E-state index contributed by atoms with van der Waals surface area (Å²) in [5.74, 6) is -1.48. The van der Waals surface area contributed by atoms with E-state index in [1.54, 1.807) is 11.9 Å². The van der Waals surface area contributed by atoms with Crippen LogP contribution in [-0.2, 0) is 0 Å². The minimum atomic E-state index is -1.17. The van der Waals surface area contributed by atoms with Crippen LogP contribution in [0.25, 0.3) is 0 Å². The third-order valence-electron chi connectivity index (χ3n) is 3.55. The van der Waals surface area contributed by atoms with Crippen molar-refractivity contribution in [1.82, 2.24) is 14.9 Å². The van der Waals surface area contributed by atoms with Crippen LogP contribution in [0, 0.1) is 6.92 Å². The predicted octanol–water partition coefficient (Wildman–Crippen LogP) is 2.32. The molecular weight excluding hydrogens is 282 g/mol. The zero-order valence-electron chi connectivity index (χ0n) is 12.6. The van der Waals surface area contributed by atoms with Gasteiger partial charge < -0.3 is 10.0 Å². The Hall–Kier alpha value is -2.76. The molecule has 0 aliphatic rings. The van der Waals surface area contributed by atoms with Gasteiger partial charge in [0.2, 0.25) is 0 Å². The molecule has 0 spiro atoms. The van der Waals surface area contributed by atoms with Crippen LogP contribution in [0.4, 0.5) is 0 Å². The molecule has 0 aliphatic heterocycles. The second-order valence-corrected chi connectivity index (χ2v) is 5.09. The van der Waals surface area contributed by atoms with E-state index in [1.807, 2.05) is 38.1 Å². The number of aryl methyl sites for hydroxylation is 1. The molecule has 1 N–H and O–H groups in total. The van der Waals surface area contributed by atoms with E-state index in [9.17, 15) is 9.59 Å². The van der Waals surface area contributed by atoms with E-state index in [-0.39, 0.29) is 23.3 Å². The van der Waals surface area contributed by atoms with Gasteiger partial charge in [0.05, 0.1) is 18.4 Å². The zero-order chi connectivity index (χ0) is 16.3. The Kier molecular flexibility index (Phi) is 4.50. The molecule has 2 rings (SSSR count). The highest BCUT2D eigenvalue weighted by molar-refractivity contribution is 5.92. The fourth-order valence-corrected chi connectivity index (χ4v) is 1.97. The number of hydrogen-bond acceptors (Lipinski definition) is 4. The Morgan fingerprint density at radius 2 is 1.64 bits per heavy atom. The fraction of sp³-hybridized carbons (Fsp3) is 0.250. The Morgan fingerprint density at radius 3 is 2.14 bits per heavy atom. The second-order valence-electron chi connectivity index (χ2n) is 5.09. The maximum Gasteiger partial charge on any atom is 0.356 e. The standard InChI is InChI=1S/C16H17N3O3/c1-10-4-6-12(7-5-10)11(2)19(3)15(20)13-8-18-14(9-17-13)16(21)22/h4-9,11H,1-3H3,(H,21,22). The van der Waals surface area contributed by atoms with Crippen molar-refractivity contribution in [3.8, 4) is 0 Å². The number of carbonyl (C=O) groups excluding carboxylic acids is 1. The first kappa shape index (κ1) is 15.6. The maximum absolute atomic E-state index is 12.4. The van der Waals surface area contributed by atoms with Gasteiger partial charge in [-0.05, 0) is 19.4 Å². The Labute approximate surface area is 128 Å². The van der Waals surface area contributed by atoms with Gasteiger partial charge in [0.1, 0.15) is 5.69 Å². The second kappa shape index (κ2) is 6.34. The van der Waals surface area contributed by atoms with Crippen LogP contribution in [0.5, 0.6) is 0 Å². The Balaban J connectivity index is 2.17. The van der Waals surface area contributed by atoms with Gasteiger partial charge in [-0.2, -0.15) is 0 Å². The van der Waals surface area contributed by atoms with Gasteiger partial charge in [-0.1, -0.05) is 29.8 Å². The van der Waals surface area contributed by atoms with Crippen LogP contribution in [0.1, 0.15) is 45.1 Å². The average Bonchev–Trinajstić information content (AvgIpc) is 2.53. The number of carboxylic acid groups (broad SMARTS) is 1. The van der Waals surface area contributed by atoms with Crippen molar-refractivity contribution in [2.24, 2.45) is 0 Å². The lowest BCUT2D eigenvalue weighted by molar-refractivity contribution is 0.0684. The van der Waals surface area contributed by atoms with Crippen LogP contribution in [-0.4, -0.2) is 38.9 Å². The largest absolute Gasteiger partial charge is 0.476 e. The Morgan fingerprint density at radius 1 is 1.09 bits per heavy atom. The summed E-state index contributed by atoms with van der Waals surface area (Å²) in [4.78, 5) is 32.3. The van der Waals surface area contributed by atoms with Crippen LogP contribution >= 0.6 is 0 Å². The van der Waals surface area contributed by atoms with Gasteiger partial charge in [-0.15, -0.1) is 0 Å². The number of rotatable bonds is 4. The molecule has 22 heavy (non-hydrogen) atoms. The summed E-state index contributed by atoms with van der Waals surface area (Å²) in [7, 11) is 1.68. The molecule has 0 saturated carbocycles. The summed E-state index contributed by atoms with van der Waals surface area (Å²) >= 11 is 0. The number of benzene rings is 1. The molecule has 2 aromatic rings. The molecule has 1 heterocycles. The fourth-order valence-electron chi connectivity index (χ4n) is 1.97. The Bertz CT molecular complexity index is 681. The molecule has 1 amide bonds. The molecule has 6 heteroatoms. The van der Waals surface area contributed by atoms with Crippen LogP contribution in [0.2, 0.25) is 0 Å². The summed E-state index contributed by atoms with van der Waals surface area (Å²) in [6.45, 7) is 3.92. The molecule has 1 aromatic heterocycles. The van der Waals surface area contributed by atoms with E-state index in [1.165, 1.54) is 6.20 Å². The van der Waals surface area contributed by atoms with Crippen LogP contribution in [0.3, 0.4) is 0 Å². The molecule has 0 saturated heterocycles. The highest BCUT2D eigenvalue weighted by Gasteiger charge is 2.20. The highest BCUT2D eigenvalue weighted by Crippen LogP contribution is 2.20. The highest BCUT2D eigenvalue weighted by atomic mass is 16.4. The summed E-state index contributed by atoms with van der Waals surface area (Å²) in [5.41, 5.74) is 2.09. The molecule has 114 valence electrons. The number of hydrogen-bond donors (Lipinski definition) is 1. The van der Waals surface area contributed by atoms with Crippen molar-refractivity contribution in [2.45, 2.75) is 19.9 Å². The lowest BCUT2D eigenvalue weighted by Crippen LogP contribution is -2.30. The monoisotopic (exact) mass is 299 g/mol. The van der Waals surface area contributed by atoms with Crippen LogP contribution < -0.4 is 0 Å². The quantitative estimate of drug-likeness (QED) is 0.936. The number of carbonyl (C=O) groups is 2. The number of amides is 1. The first-order valence-electron chi connectivity index (χ1n) is 6.79. The summed E-state index contributed by atoms with van der Waals surface area (Å²) in [6.07, 6.45) is 2.27. The molecule has 1 unspecified atom stereocenters. The maximum atomic E-state index is 12.4. The van der Waals surface area contributed by atoms with Crippen molar-refractivity contribution in [3.05, 3.63) is 59.2 Å². The van der Waals surface area contributed by atoms with E-state index in [4.69, 9.17) is 5.11 Å². The van der Waals surface area contributed by atoms with Gasteiger partial charge in [-0.3, -0.25) is 4.79 Å². The molecule has 6 nitrogen and oxygen atoms in total. The number of aromatic nitrogens is 2. The molecule has 0 radical (unpaired) electrons. The minimum absolute atomic E-state index is 0.117. The third kappa shape index (κ3) is 3.28. The van der Waals surface area contributed by atoms with Gasteiger partial charge >= 0.3 is 5.97 Å². The van der Waals surface area contributed by atoms with Gasteiger partial charge in [0, 0.05) is 7.05 Å². The van der Waals surface area contributed by atoms with E-state index in [0.29, 0.717) is 0 Å². The molecule has 0 bridgehead atoms. The van der Waals surface area contributed by atoms with Crippen molar-refractivity contribution in [1.29, 1.82) is 0 Å². The van der Waals surface area contributed by atoms with E-state index in [2.05, 4.69) is 9.97 Å². The first-order valence-corrected chi connectivity index (χ1v) is 6.79. The number of aromatic carboxylic acids is 1. The van der Waals surface area contributed by atoms with E-state index in [0.717, 1.165) is 17.3 Å². The van der Waals surface area contributed by atoms with Gasteiger partial charge in [0.15, 0.2) is 5.69 Å². The third-order valence-corrected chi connectivity index (χ3v) is 3.55. The lowest BCUT2D eigenvalue weighted by atomic mass is 10.1. The average molecular weight is 299 g/mol. The topological polar surface area (TPSA) is 83.4 Å². The van der Waals surface area contributed by atoms with Gasteiger partial charge in [0.25, 0.3) is 5.91 Å². The molecule has 1 aromatic carbocycles. The summed E-state index contributed by atoms with van der Waals surface area (Å²) in [5, 5.41) is 8.78. The zero-order valence-corrected chi connectivity index (χ0v) is 12.6. The molecular formula is C16H17N3O3. The number of carboxylic acids is 1. The summed E-state index contributed by atoms with van der Waals surface area (Å²) < 4.78 is 0. The van der Waals surface area contributed by atoms with Crippen molar-refractivity contribution in [2.75, 3.05) is 7.05 Å². The first-order chi connectivity index (χ1) is 10.4. The van der Waals surface area contributed by atoms with Crippen molar-refractivity contribution < 1.29 is 14.7 Å². The smallest absolute Gasteiger partial charge is 0.356 e. The lowest BCUT2D eigenvalue weighted by Gasteiger charge is -2.25. The van der Waals surface area contributed by atoms with Crippen molar-refractivity contribution >= 4 is 11.9 Å². The molecule has 0 aliphatic carbocycles. The number of nitrogens with zero attached hydrogens (tertiary/aromatic N) is 3. The SMILES string of the molecule is Cc1ccc(C(C)N(C)C(=O)c2cnc(C(=O)O)cn2)cc1. The summed E-state index contributed by atoms with van der Waals surface area (Å²) in [6, 6.07) is 7.80. The molecule has 1 atom stereocenters. The minimum Gasteiger partial charge on any atom is -0.476 e. The predicted molar refractivity (Wildman–Crippen MR) is 80.7 cm³/mol.